The summed E-state index contributed by atoms with van der Waals surface area (Å²) in [7, 11) is 3.78. The Morgan fingerprint density at radius 2 is 2.17 bits per heavy atom. The van der Waals surface area contributed by atoms with Crippen molar-refractivity contribution in [2.75, 3.05) is 20.6 Å². The zero-order valence-corrected chi connectivity index (χ0v) is 7.66. The molecular formula is C8H16N2O2. The first-order valence-electron chi connectivity index (χ1n) is 4.29. The van der Waals surface area contributed by atoms with Crippen molar-refractivity contribution in [1.82, 2.24) is 10.0 Å². The lowest BCUT2D eigenvalue weighted by molar-refractivity contribution is -0.153. The second-order valence-electron chi connectivity index (χ2n) is 3.36. The minimum Gasteiger partial charge on any atom is -0.480 e. The highest BCUT2D eigenvalue weighted by Gasteiger charge is 2.29. The van der Waals surface area contributed by atoms with Crippen LogP contribution in [-0.2, 0) is 4.79 Å². The van der Waals surface area contributed by atoms with Crippen molar-refractivity contribution in [3.8, 4) is 0 Å². The highest BCUT2D eigenvalue weighted by molar-refractivity contribution is 5.73. The van der Waals surface area contributed by atoms with Crippen LogP contribution in [-0.4, -0.2) is 47.8 Å². The molecule has 0 aromatic carbocycles. The van der Waals surface area contributed by atoms with Gasteiger partial charge in [-0.05, 0) is 19.3 Å². The van der Waals surface area contributed by atoms with Gasteiger partial charge in [0.2, 0.25) is 0 Å². The molecule has 1 saturated heterocycles. The quantitative estimate of drug-likeness (QED) is 0.655. The minimum absolute atomic E-state index is 0.311. The molecule has 12 heavy (non-hydrogen) atoms. The highest BCUT2D eigenvalue weighted by atomic mass is 16.4. The molecular weight excluding hydrogens is 156 g/mol. The van der Waals surface area contributed by atoms with Crippen LogP contribution >= 0.6 is 0 Å². The van der Waals surface area contributed by atoms with Crippen LogP contribution in [0, 0.1) is 0 Å². The fraction of sp³-hybridized carbons (Fsp3) is 0.875. The number of carboxylic acids is 1. The number of hydrogen-bond donors (Lipinski definition) is 1. The van der Waals surface area contributed by atoms with Crippen LogP contribution in [0.5, 0.6) is 0 Å². The molecule has 1 rings (SSSR count). The van der Waals surface area contributed by atoms with Gasteiger partial charge in [-0.15, -0.1) is 0 Å². The Morgan fingerprint density at radius 1 is 1.50 bits per heavy atom. The summed E-state index contributed by atoms with van der Waals surface area (Å²) in [5.74, 6) is -0.705. The SMILES string of the molecule is CN(C)N1CCCCC1C(=O)O. The van der Waals surface area contributed by atoms with Crippen LogP contribution in [0.4, 0.5) is 0 Å². The summed E-state index contributed by atoms with van der Waals surface area (Å²) < 4.78 is 0. The van der Waals surface area contributed by atoms with Gasteiger partial charge >= 0.3 is 5.97 Å². The first kappa shape index (κ1) is 9.48. The minimum atomic E-state index is -0.705. The maximum atomic E-state index is 10.8. The predicted octanol–water partition coefficient (Wildman–Crippen LogP) is 0.402. The van der Waals surface area contributed by atoms with Gasteiger partial charge in [-0.1, -0.05) is 0 Å². The van der Waals surface area contributed by atoms with Gasteiger partial charge in [-0.3, -0.25) is 4.79 Å². The van der Waals surface area contributed by atoms with Crippen LogP contribution in [0.2, 0.25) is 0 Å². The topological polar surface area (TPSA) is 43.8 Å². The number of piperidine rings is 1. The maximum absolute atomic E-state index is 10.8. The second kappa shape index (κ2) is 3.87. The van der Waals surface area contributed by atoms with Gasteiger partial charge in [0.05, 0.1) is 0 Å². The van der Waals surface area contributed by atoms with Gasteiger partial charge in [0.25, 0.3) is 0 Å². The van der Waals surface area contributed by atoms with Crippen LogP contribution < -0.4 is 0 Å². The molecule has 1 atom stereocenters. The van der Waals surface area contributed by atoms with Crippen molar-refractivity contribution in [3.63, 3.8) is 0 Å². The van der Waals surface area contributed by atoms with E-state index < -0.39 is 5.97 Å². The molecule has 4 heteroatoms. The Bertz CT molecular complexity index is 170. The van der Waals surface area contributed by atoms with Crippen molar-refractivity contribution in [2.45, 2.75) is 25.3 Å². The molecule has 70 valence electrons. The number of aliphatic carboxylic acids is 1. The zero-order valence-electron chi connectivity index (χ0n) is 7.66. The lowest BCUT2D eigenvalue weighted by Gasteiger charge is -2.37. The summed E-state index contributed by atoms with van der Waals surface area (Å²) in [6.45, 7) is 0.865. The van der Waals surface area contributed by atoms with Crippen LogP contribution in [0.1, 0.15) is 19.3 Å². The van der Waals surface area contributed by atoms with E-state index in [1.54, 1.807) is 0 Å². The van der Waals surface area contributed by atoms with Crippen LogP contribution in [0.25, 0.3) is 0 Å². The number of hydrazine groups is 1. The fourth-order valence-corrected chi connectivity index (χ4v) is 1.65. The van der Waals surface area contributed by atoms with Gasteiger partial charge in [0.1, 0.15) is 6.04 Å². The highest BCUT2D eigenvalue weighted by Crippen LogP contribution is 2.17. The van der Waals surface area contributed by atoms with E-state index in [2.05, 4.69) is 0 Å². The molecule has 0 aromatic rings. The largest absolute Gasteiger partial charge is 0.480 e. The lowest BCUT2D eigenvalue weighted by Crippen LogP contribution is -2.51. The van der Waals surface area contributed by atoms with Crippen molar-refractivity contribution in [2.24, 2.45) is 0 Å². The van der Waals surface area contributed by atoms with Crippen molar-refractivity contribution in [3.05, 3.63) is 0 Å². The van der Waals surface area contributed by atoms with Gasteiger partial charge in [0, 0.05) is 20.6 Å². The van der Waals surface area contributed by atoms with E-state index in [0.29, 0.717) is 0 Å². The number of carbonyl (C=O) groups is 1. The van der Waals surface area contributed by atoms with E-state index in [-0.39, 0.29) is 6.04 Å². The summed E-state index contributed by atoms with van der Waals surface area (Å²) in [5, 5.41) is 12.7. The molecule has 1 heterocycles. The standard InChI is InChI=1S/C8H16N2O2/c1-9(2)10-6-4-3-5-7(10)8(11)12/h7H,3-6H2,1-2H3,(H,11,12). The number of carboxylic acid groups (broad SMARTS) is 1. The Balaban J connectivity index is 2.60. The monoisotopic (exact) mass is 172 g/mol. The maximum Gasteiger partial charge on any atom is 0.322 e. The van der Waals surface area contributed by atoms with E-state index >= 15 is 0 Å². The Labute approximate surface area is 72.7 Å². The normalized spacial score (nSPS) is 26.1. The predicted molar refractivity (Wildman–Crippen MR) is 45.7 cm³/mol. The first-order chi connectivity index (χ1) is 5.63. The van der Waals surface area contributed by atoms with Crippen LogP contribution in [0.15, 0.2) is 0 Å². The fourth-order valence-electron chi connectivity index (χ4n) is 1.65. The molecule has 0 bridgehead atoms. The number of hydrogen-bond acceptors (Lipinski definition) is 3. The molecule has 0 saturated carbocycles. The summed E-state index contributed by atoms with van der Waals surface area (Å²) >= 11 is 0. The van der Waals surface area contributed by atoms with Crippen molar-refractivity contribution >= 4 is 5.97 Å². The molecule has 1 aliphatic heterocycles. The molecule has 1 aliphatic rings. The summed E-state index contributed by atoms with van der Waals surface area (Å²) in [6, 6.07) is -0.311. The molecule has 0 radical (unpaired) electrons. The summed E-state index contributed by atoms with van der Waals surface area (Å²) in [6.07, 6.45) is 2.90. The molecule has 0 spiro atoms. The smallest absolute Gasteiger partial charge is 0.322 e. The third-order valence-electron chi connectivity index (χ3n) is 2.27. The molecule has 0 aromatic heterocycles. The Kier molecular flexibility index (Phi) is 3.05. The average Bonchev–Trinajstić information content (AvgIpc) is 2.04. The van der Waals surface area contributed by atoms with Gasteiger partial charge in [-0.2, -0.15) is 0 Å². The van der Waals surface area contributed by atoms with E-state index in [9.17, 15) is 4.79 Å². The third-order valence-corrected chi connectivity index (χ3v) is 2.27. The summed E-state index contributed by atoms with van der Waals surface area (Å²) in [4.78, 5) is 10.8. The number of rotatable bonds is 2. The van der Waals surface area contributed by atoms with Crippen molar-refractivity contribution < 1.29 is 9.90 Å². The lowest BCUT2D eigenvalue weighted by atomic mass is 10.0. The molecule has 1 N–H and O–H groups in total. The van der Waals surface area contributed by atoms with Gasteiger partial charge in [-0.25, -0.2) is 10.0 Å². The third kappa shape index (κ3) is 1.95. The van der Waals surface area contributed by atoms with Gasteiger partial charge < -0.3 is 5.11 Å². The molecule has 4 nitrogen and oxygen atoms in total. The van der Waals surface area contributed by atoms with E-state index in [4.69, 9.17) is 5.11 Å². The Hall–Kier alpha value is -0.610. The molecule has 1 fully saturated rings. The molecule has 1 unspecified atom stereocenters. The van der Waals surface area contributed by atoms with E-state index in [1.807, 2.05) is 24.1 Å². The summed E-state index contributed by atoms with van der Waals surface area (Å²) in [5.41, 5.74) is 0. The Morgan fingerprint density at radius 3 is 2.58 bits per heavy atom. The van der Waals surface area contributed by atoms with Crippen molar-refractivity contribution in [1.29, 1.82) is 0 Å². The average molecular weight is 172 g/mol. The first-order valence-corrected chi connectivity index (χ1v) is 4.29. The van der Waals surface area contributed by atoms with E-state index in [0.717, 1.165) is 25.8 Å². The molecule has 0 aliphatic carbocycles. The molecule has 0 amide bonds. The van der Waals surface area contributed by atoms with E-state index in [1.165, 1.54) is 0 Å². The second-order valence-corrected chi connectivity index (χ2v) is 3.36. The number of nitrogens with zero attached hydrogens (tertiary/aromatic N) is 2. The van der Waals surface area contributed by atoms with Crippen LogP contribution in [0.3, 0.4) is 0 Å². The van der Waals surface area contributed by atoms with Gasteiger partial charge in [0.15, 0.2) is 0 Å². The zero-order chi connectivity index (χ0) is 9.14.